The number of rotatable bonds is 6. The predicted octanol–water partition coefficient (Wildman–Crippen LogP) is 3.89. The number of hydrogen-bond donors (Lipinski definition) is 0. The van der Waals surface area contributed by atoms with Crippen LogP contribution in [0.15, 0.2) is 28.0 Å². The molecule has 1 aromatic heterocycles. The van der Waals surface area contributed by atoms with E-state index in [0.29, 0.717) is 16.6 Å². The molecule has 0 fully saturated rings. The number of halogens is 2. The van der Waals surface area contributed by atoms with Gasteiger partial charge in [-0.25, -0.2) is 4.79 Å². The van der Waals surface area contributed by atoms with Crippen molar-refractivity contribution in [2.24, 2.45) is 0 Å². The van der Waals surface area contributed by atoms with E-state index in [1.165, 1.54) is 11.3 Å². The summed E-state index contributed by atoms with van der Waals surface area (Å²) in [5.41, 5.74) is 3.34. The van der Waals surface area contributed by atoms with Crippen LogP contribution in [0.2, 0.25) is 10.0 Å². The Labute approximate surface area is 162 Å². The van der Waals surface area contributed by atoms with Crippen molar-refractivity contribution in [3.8, 4) is 0 Å². The molecule has 0 bridgehead atoms. The Bertz CT molecular complexity index is 836. The van der Waals surface area contributed by atoms with Gasteiger partial charge in [-0.05, 0) is 51.1 Å². The Morgan fingerprint density at radius 2 is 2.04 bits per heavy atom. The topological polar surface area (TPSA) is 38.1 Å². The van der Waals surface area contributed by atoms with Crippen LogP contribution in [0, 0.1) is 0 Å². The lowest BCUT2D eigenvalue weighted by Crippen LogP contribution is -2.31. The molecule has 0 aliphatic heterocycles. The fourth-order valence-corrected chi connectivity index (χ4v) is 4.36. The molecule has 2 aromatic rings. The summed E-state index contributed by atoms with van der Waals surface area (Å²) in [6.07, 6.45) is 3.04. The number of thioether (sulfide) groups is 1. The van der Waals surface area contributed by atoms with E-state index in [-0.39, 0.29) is 5.69 Å². The van der Waals surface area contributed by atoms with E-state index in [9.17, 15) is 4.79 Å². The number of nitrogens with zero attached hydrogens (tertiary/aromatic N) is 3. The van der Waals surface area contributed by atoms with E-state index in [4.69, 9.17) is 23.2 Å². The first-order valence-corrected chi connectivity index (χ1v) is 10.0. The monoisotopic (exact) mass is 397 g/mol. The van der Waals surface area contributed by atoms with Gasteiger partial charge in [-0.1, -0.05) is 29.3 Å². The summed E-state index contributed by atoms with van der Waals surface area (Å²) < 4.78 is 1.85. The first-order chi connectivity index (χ1) is 12.0. The number of hydrogen-bond acceptors (Lipinski definition) is 4. The predicted molar refractivity (Wildman–Crippen MR) is 105 cm³/mol. The van der Waals surface area contributed by atoms with Crippen LogP contribution >= 0.6 is 35.0 Å². The molecule has 4 nitrogen and oxygen atoms in total. The van der Waals surface area contributed by atoms with Crippen LogP contribution in [-0.4, -0.2) is 35.1 Å². The van der Waals surface area contributed by atoms with Crippen LogP contribution in [0.1, 0.15) is 23.2 Å². The maximum Gasteiger partial charge on any atom is 0.348 e. The summed E-state index contributed by atoms with van der Waals surface area (Å²) in [6, 6.07) is 5.63. The standard InChI is InChI=1S/C18H21Cl2N3OS/c1-22(2)8-9-23-16-5-3-4-13(16)17(21-18(23)24)25-11-12-6-7-14(19)15(20)10-12/h6-7,10H,3-5,8-9,11H2,1-2H3. The summed E-state index contributed by atoms with van der Waals surface area (Å²) in [4.78, 5) is 19.0. The van der Waals surface area contributed by atoms with Gasteiger partial charge in [0.2, 0.25) is 0 Å². The number of benzene rings is 1. The zero-order valence-corrected chi connectivity index (χ0v) is 16.7. The quantitative estimate of drug-likeness (QED) is 0.547. The largest absolute Gasteiger partial charge is 0.348 e. The molecule has 1 heterocycles. The Kier molecular flexibility index (Phi) is 6.10. The van der Waals surface area contributed by atoms with E-state index < -0.39 is 0 Å². The minimum Gasteiger partial charge on any atom is -0.308 e. The Balaban J connectivity index is 1.82. The second-order valence-corrected chi connectivity index (χ2v) is 8.25. The van der Waals surface area contributed by atoms with Crippen molar-refractivity contribution in [1.82, 2.24) is 14.5 Å². The average molecular weight is 398 g/mol. The molecule has 134 valence electrons. The second kappa shape index (κ2) is 8.12. The van der Waals surface area contributed by atoms with E-state index in [0.717, 1.165) is 42.1 Å². The third-order valence-corrected chi connectivity index (χ3v) is 6.16. The van der Waals surface area contributed by atoms with Crippen molar-refractivity contribution in [1.29, 1.82) is 0 Å². The molecule has 1 aliphatic carbocycles. The van der Waals surface area contributed by atoms with Gasteiger partial charge < -0.3 is 4.90 Å². The molecule has 25 heavy (non-hydrogen) atoms. The van der Waals surface area contributed by atoms with Crippen molar-refractivity contribution in [3.05, 3.63) is 55.5 Å². The van der Waals surface area contributed by atoms with Gasteiger partial charge in [-0.3, -0.25) is 4.57 Å². The minimum absolute atomic E-state index is 0.140. The molecule has 0 spiro atoms. The van der Waals surface area contributed by atoms with E-state index in [1.807, 2.05) is 30.8 Å². The van der Waals surface area contributed by atoms with E-state index in [2.05, 4.69) is 9.88 Å². The van der Waals surface area contributed by atoms with Gasteiger partial charge in [0.15, 0.2) is 0 Å². The van der Waals surface area contributed by atoms with Crippen molar-refractivity contribution >= 4 is 35.0 Å². The highest BCUT2D eigenvalue weighted by Gasteiger charge is 2.22. The molecule has 0 N–H and O–H groups in total. The second-order valence-electron chi connectivity index (χ2n) is 6.47. The van der Waals surface area contributed by atoms with Gasteiger partial charge in [0.05, 0.1) is 10.0 Å². The lowest BCUT2D eigenvalue weighted by atomic mass is 10.2. The van der Waals surface area contributed by atoms with Crippen molar-refractivity contribution in [3.63, 3.8) is 0 Å². The van der Waals surface area contributed by atoms with Gasteiger partial charge in [0, 0.05) is 30.1 Å². The molecular weight excluding hydrogens is 377 g/mol. The third kappa shape index (κ3) is 4.40. The smallest absolute Gasteiger partial charge is 0.308 e. The molecule has 0 saturated heterocycles. The Morgan fingerprint density at radius 3 is 2.76 bits per heavy atom. The van der Waals surface area contributed by atoms with Crippen LogP contribution in [0.3, 0.4) is 0 Å². The van der Waals surface area contributed by atoms with E-state index >= 15 is 0 Å². The van der Waals surface area contributed by atoms with Crippen LogP contribution in [0.5, 0.6) is 0 Å². The van der Waals surface area contributed by atoms with Crippen LogP contribution in [0.25, 0.3) is 0 Å². The highest BCUT2D eigenvalue weighted by atomic mass is 35.5. The zero-order chi connectivity index (χ0) is 18.0. The highest BCUT2D eigenvalue weighted by molar-refractivity contribution is 7.98. The van der Waals surface area contributed by atoms with Crippen molar-refractivity contribution in [2.75, 3.05) is 20.6 Å². The van der Waals surface area contributed by atoms with Crippen LogP contribution < -0.4 is 5.69 Å². The summed E-state index contributed by atoms with van der Waals surface area (Å²) >= 11 is 13.7. The molecule has 1 aliphatic rings. The van der Waals surface area contributed by atoms with Gasteiger partial charge in [-0.15, -0.1) is 11.8 Å². The number of fused-ring (bicyclic) bond motifs is 1. The fraction of sp³-hybridized carbons (Fsp3) is 0.444. The molecule has 0 atom stereocenters. The molecule has 0 saturated carbocycles. The van der Waals surface area contributed by atoms with Crippen LogP contribution in [0.4, 0.5) is 0 Å². The number of aromatic nitrogens is 2. The molecular formula is C18H21Cl2N3OS. The summed E-state index contributed by atoms with van der Waals surface area (Å²) in [5, 5.41) is 1.97. The molecule has 0 unspecified atom stereocenters. The van der Waals surface area contributed by atoms with Gasteiger partial charge >= 0.3 is 5.69 Å². The van der Waals surface area contributed by atoms with Crippen molar-refractivity contribution in [2.45, 2.75) is 36.6 Å². The lowest BCUT2D eigenvalue weighted by molar-refractivity contribution is 0.375. The summed E-state index contributed by atoms with van der Waals surface area (Å²) in [5.74, 6) is 0.720. The maximum absolute atomic E-state index is 12.5. The summed E-state index contributed by atoms with van der Waals surface area (Å²) in [7, 11) is 4.03. The first kappa shape index (κ1) is 18.8. The van der Waals surface area contributed by atoms with Gasteiger partial charge in [0.1, 0.15) is 5.03 Å². The van der Waals surface area contributed by atoms with Gasteiger partial charge in [-0.2, -0.15) is 4.98 Å². The average Bonchev–Trinajstić information content (AvgIpc) is 3.04. The Hall–Kier alpha value is -1.01. The molecule has 1 aromatic carbocycles. The Morgan fingerprint density at radius 1 is 1.24 bits per heavy atom. The molecule has 7 heteroatoms. The first-order valence-electron chi connectivity index (χ1n) is 8.29. The van der Waals surface area contributed by atoms with E-state index in [1.54, 1.807) is 17.8 Å². The number of likely N-dealkylation sites (N-methyl/N-ethyl adjacent to an activating group) is 1. The highest BCUT2D eigenvalue weighted by Crippen LogP contribution is 2.32. The normalized spacial score (nSPS) is 13.5. The van der Waals surface area contributed by atoms with Gasteiger partial charge in [0.25, 0.3) is 0 Å². The third-order valence-electron chi connectivity index (χ3n) is 4.33. The SMILES string of the molecule is CN(C)CCn1c2c(c(SCc3ccc(Cl)c(Cl)c3)nc1=O)CCC2. The van der Waals surface area contributed by atoms with Crippen LogP contribution in [-0.2, 0) is 25.1 Å². The zero-order valence-electron chi connectivity index (χ0n) is 14.4. The molecule has 0 radical (unpaired) electrons. The minimum atomic E-state index is -0.140. The molecule has 0 amide bonds. The van der Waals surface area contributed by atoms with Crippen molar-refractivity contribution < 1.29 is 0 Å². The maximum atomic E-state index is 12.5. The fourth-order valence-electron chi connectivity index (χ4n) is 3.02. The lowest BCUT2D eigenvalue weighted by Gasteiger charge is -2.16. The molecule has 3 rings (SSSR count). The summed E-state index contributed by atoms with van der Waals surface area (Å²) in [6.45, 7) is 1.53.